The minimum absolute atomic E-state index is 0.000233. The molecule has 0 saturated carbocycles. The summed E-state index contributed by atoms with van der Waals surface area (Å²) in [5.74, 6) is 0. The van der Waals surface area contributed by atoms with E-state index in [9.17, 15) is 4.79 Å². The fourth-order valence-electron chi connectivity index (χ4n) is 3.78. The highest BCUT2D eigenvalue weighted by molar-refractivity contribution is 5.61. The molecule has 29 heavy (non-hydrogen) atoms. The number of rotatable bonds is 7. The van der Waals surface area contributed by atoms with E-state index < -0.39 is 0 Å². The number of hydrogen-bond acceptors (Lipinski definition) is 5. The number of H-pyrrole nitrogens is 1. The Morgan fingerprint density at radius 3 is 2.72 bits per heavy atom. The van der Waals surface area contributed by atoms with Crippen LogP contribution in [0.5, 0.6) is 0 Å². The van der Waals surface area contributed by atoms with Crippen LogP contribution in [0.25, 0.3) is 11.4 Å². The first-order valence-electron chi connectivity index (χ1n) is 10.2. The second kappa shape index (κ2) is 9.01. The quantitative estimate of drug-likeness (QED) is 0.673. The molecule has 1 saturated heterocycles. The Kier molecular flexibility index (Phi) is 6.00. The molecule has 150 valence electrons. The van der Waals surface area contributed by atoms with Crippen molar-refractivity contribution in [1.29, 1.82) is 0 Å². The van der Waals surface area contributed by atoms with E-state index in [1.165, 1.54) is 18.5 Å². The molecule has 1 fully saturated rings. The molecule has 0 unspecified atom stereocenters. The number of hydrogen-bond donors (Lipinski definition) is 1. The number of aromatic amines is 1. The summed E-state index contributed by atoms with van der Waals surface area (Å²) in [6.07, 6.45) is 6.98. The first-order chi connectivity index (χ1) is 14.2. The van der Waals surface area contributed by atoms with E-state index in [4.69, 9.17) is 0 Å². The van der Waals surface area contributed by atoms with Crippen molar-refractivity contribution in [3.8, 4) is 11.4 Å². The normalized spacial score (nSPS) is 13.9. The van der Waals surface area contributed by atoms with Crippen LogP contribution in [0.3, 0.4) is 0 Å². The number of aromatic nitrogens is 3. The molecule has 1 aliphatic rings. The highest BCUT2D eigenvalue weighted by Crippen LogP contribution is 2.24. The summed E-state index contributed by atoms with van der Waals surface area (Å²) in [5, 5.41) is 0. The number of nitrogens with one attached hydrogen (secondary N) is 1. The van der Waals surface area contributed by atoms with Gasteiger partial charge in [-0.2, -0.15) is 0 Å². The fraction of sp³-hybridized carbons (Fsp3) is 0.348. The lowest BCUT2D eigenvalue weighted by atomic mass is 10.2. The molecule has 0 amide bonds. The standard InChI is InChI=1S/C23H27N5O/c1-27(13-8-18-6-2-3-9-24-18)17-19-14-21(29)16-23(26-19)22-15-20(7-10-25-22)28-11-4-5-12-28/h2-3,6-7,9-10,14-16H,4-5,8,11-13,17H2,1H3,(H,26,29). The maximum Gasteiger partial charge on any atom is 0.182 e. The van der Waals surface area contributed by atoms with Crippen LogP contribution in [-0.2, 0) is 13.0 Å². The van der Waals surface area contributed by atoms with Crippen LogP contribution in [0.15, 0.2) is 59.7 Å². The maximum absolute atomic E-state index is 12.3. The van der Waals surface area contributed by atoms with Crippen molar-refractivity contribution in [1.82, 2.24) is 19.9 Å². The predicted octanol–water partition coefficient (Wildman–Crippen LogP) is 3.11. The third kappa shape index (κ3) is 5.09. The molecule has 0 aliphatic carbocycles. The summed E-state index contributed by atoms with van der Waals surface area (Å²) in [4.78, 5) is 29.1. The Hall–Kier alpha value is -2.99. The molecule has 1 aliphatic heterocycles. The van der Waals surface area contributed by atoms with Gasteiger partial charge in [-0.1, -0.05) is 6.07 Å². The minimum Gasteiger partial charge on any atom is -0.371 e. The molecule has 0 radical (unpaired) electrons. The number of pyridine rings is 3. The van der Waals surface area contributed by atoms with Crippen molar-refractivity contribution >= 4 is 5.69 Å². The first-order valence-corrected chi connectivity index (χ1v) is 10.2. The lowest BCUT2D eigenvalue weighted by Gasteiger charge is -2.19. The van der Waals surface area contributed by atoms with E-state index in [1.54, 1.807) is 12.1 Å². The largest absolute Gasteiger partial charge is 0.371 e. The van der Waals surface area contributed by atoms with Gasteiger partial charge in [-0.3, -0.25) is 14.8 Å². The van der Waals surface area contributed by atoms with Crippen molar-refractivity contribution < 1.29 is 0 Å². The Balaban J connectivity index is 1.47. The van der Waals surface area contributed by atoms with Crippen molar-refractivity contribution in [3.63, 3.8) is 0 Å². The Morgan fingerprint density at radius 1 is 1.07 bits per heavy atom. The van der Waals surface area contributed by atoms with Crippen molar-refractivity contribution in [2.45, 2.75) is 25.8 Å². The zero-order chi connectivity index (χ0) is 20.1. The molecular weight excluding hydrogens is 362 g/mol. The van der Waals surface area contributed by atoms with Gasteiger partial charge in [-0.05, 0) is 44.2 Å². The second-order valence-electron chi connectivity index (χ2n) is 7.66. The summed E-state index contributed by atoms with van der Waals surface area (Å²) in [6.45, 7) is 3.70. The molecule has 1 N–H and O–H groups in total. The molecule has 3 aromatic rings. The van der Waals surface area contributed by atoms with E-state index in [-0.39, 0.29) is 5.43 Å². The number of anilines is 1. The van der Waals surface area contributed by atoms with Gasteiger partial charge in [-0.25, -0.2) is 0 Å². The van der Waals surface area contributed by atoms with Gasteiger partial charge in [-0.15, -0.1) is 0 Å². The number of likely N-dealkylation sites (N-methyl/N-ethyl adjacent to an activating group) is 1. The van der Waals surface area contributed by atoms with E-state index in [1.807, 2.05) is 36.7 Å². The van der Waals surface area contributed by atoms with Gasteiger partial charge in [0.05, 0.1) is 11.4 Å². The van der Waals surface area contributed by atoms with Crippen LogP contribution in [0.2, 0.25) is 0 Å². The zero-order valence-electron chi connectivity index (χ0n) is 16.8. The molecule has 0 spiro atoms. The second-order valence-corrected chi connectivity index (χ2v) is 7.66. The topological polar surface area (TPSA) is 65.1 Å². The molecule has 3 aromatic heterocycles. The van der Waals surface area contributed by atoms with Crippen molar-refractivity contribution in [3.05, 3.63) is 76.5 Å². The highest BCUT2D eigenvalue weighted by Gasteiger charge is 2.14. The van der Waals surface area contributed by atoms with Gasteiger partial charge < -0.3 is 14.8 Å². The van der Waals surface area contributed by atoms with Crippen molar-refractivity contribution in [2.24, 2.45) is 0 Å². The van der Waals surface area contributed by atoms with Crippen molar-refractivity contribution in [2.75, 3.05) is 31.6 Å². The van der Waals surface area contributed by atoms with Crippen LogP contribution in [0, 0.1) is 0 Å². The highest BCUT2D eigenvalue weighted by atomic mass is 16.1. The van der Waals surface area contributed by atoms with E-state index >= 15 is 0 Å². The predicted molar refractivity (Wildman–Crippen MR) is 116 cm³/mol. The van der Waals surface area contributed by atoms with E-state index in [2.05, 4.69) is 37.9 Å². The summed E-state index contributed by atoms with van der Waals surface area (Å²) in [7, 11) is 2.06. The van der Waals surface area contributed by atoms with Gasteiger partial charge in [0.1, 0.15) is 0 Å². The van der Waals surface area contributed by atoms with Gasteiger partial charge >= 0.3 is 0 Å². The molecule has 4 rings (SSSR count). The lowest BCUT2D eigenvalue weighted by molar-refractivity contribution is 0.326. The molecule has 0 aromatic carbocycles. The summed E-state index contributed by atoms with van der Waals surface area (Å²) >= 11 is 0. The van der Waals surface area contributed by atoms with Gasteiger partial charge in [0.15, 0.2) is 5.43 Å². The average molecular weight is 390 g/mol. The Labute approximate surface area is 171 Å². The van der Waals surface area contributed by atoms with Gasteiger partial charge in [0.25, 0.3) is 0 Å². The fourth-order valence-corrected chi connectivity index (χ4v) is 3.78. The smallest absolute Gasteiger partial charge is 0.182 e. The van der Waals surface area contributed by atoms with Crippen LogP contribution >= 0.6 is 0 Å². The Bertz CT molecular complexity index is 995. The SMILES string of the molecule is CN(CCc1ccccn1)Cc1cc(=O)cc(-c2cc(N3CCCC3)ccn2)[nH]1. The third-order valence-corrected chi connectivity index (χ3v) is 5.31. The van der Waals surface area contributed by atoms with Crippen LogP contribution in [0.4, 0.5) is 5.69 Å². The van der Waals surface area contributed by atoms with Gasteiger partial charge in [0, 0.05) is 74.2 Å². The summed E-state index contributed by atoms with van der Waals surface area (Å²) < 4.78 is 0. The van der Waals surface area contributed by atoms with E-state index in [0.717, 1.165) is 48.8 Å². The maximum atomic E-state index is 12.3. The monoisotopic (exact) mass is 389 g/mol. The summed E-state index contributed by atoms with van der Waals surface area (Å²) in [6, 6.07) is 13.4. The van der Waals surface area contributed by atoms with Crippen LogP contribution in [0.1, 0.15) is 24.2 Å². The number of nitrogens with zero attached hydrogens (tertiary/aromatic N) is 4. The zero-order valence-corrected chi connectivity index (χ0v) is 16.8. The first kappa shape index (κ1) is 19.3. The molecule has 6 heteroatoms. The average Bonchev–Trinajstić information content (AvgIpc) is 3.28. The minimum atomic E-state index is 0.000233. The van der Waals surface area contributed by atoms with Crippen LogP contribution < -0.4 is 10.3 Å². The van der Waals surface area contributed by atoms with Gasteiger partial charge in [0.2, 0.25) is 0 Å². The molecule has 6 nitrogen and oxygen atoms in total. The summed E-state index contributed by atoms with van der Waals surface area (Å²) in [5.41, 5.74) is 4.72. The third-order valence-electron chi connectivity index (χ3n) is 5.31. The molecule has 0 bridgehead atoms. The molecule has 4 heterocycles. The van der Waals surface area contributed by atoms with Crippen LogP contribution in [-0.4, -0.2) is 46.5 Å². The Morgan fingerprint density at radius 2 is 1.93 bits per heavy atom. The molecular formula is C23H27N5O. The van der Waals surface area contributed by atoms with E-state index in [0.29, 0.717) is 6.54 Å². The molecule has 0 atom stereocenters. The lowest BCUT2D eigenvalue weighted by Crippen LogP contribution is -2.22.